The molecule has 31 heavy (non-hydrogen) atoms. The van der Waals surface area contributed by atoms with E-state index in [-0.39, 0.29) is 25.3 Å². The molecule has 0 fully saturated rings. The zero-order valence-corrected chi connectivity index (χ0v) is 18.1. The lowest BCUT2D eigenvalue weighted by molar-refractivity contribution is -0.849. The van der Waals surface area contributed by atoms with Crippen LogP contribution >= 0.6 is 0 Å². The number of nitrogens with zero attached hydrogens (tertiary/aromatic N) is 1. The van der Waals surface area contributed by atoms with Crippen molar-refractivity contribution in [3.8, 4) is 0 Å². The average molecular weight is 427 g/mol. The number of rotatable bonds is 6. The van der Waals surface area contributed by atoms with Crippen molar-refractivity contribution in [3.63, 3.8) is 0 Å². The van der Waals surface area contributed by atoms with Crippen LogP contribution in [0.2, 0.25) is 6.32 Å². The number of benzene rings is 3. The summed E-state index contributed by atoms with van der Waals surface area (Å²) in [6.45, 7) is 0. The van der Waals surface area contributed by atoms with Gasteiger partial charge in [-0.25, -0.2) is 13.2 Å². The van der Waals surface area contributed by atoms with Gasteiger partial charge in [0, 0.05) is 5.41 Å². The van der Waals surface area contributed by atoms with Gasteiger partial charge in [0.25, 0.3) is 0 Å². The molecule has 166 valence electrons. The van der Waals surface area contributed by atoms with E-state index in [1.54, 1.807) is 36.4 Å². The second kappa shape index (κ2) is 10.7. The second-order valence-electron chi connectivity index (χ2n) is 8.71. The number of hydrogen-bond donors (Lipinski definition) is 0. The minimum atomic E-state index is -0.552. The van der Waals surface area contributed by atoms with Crippen LogP contribution in [0.5, 0.6) is 0 Å². The van der Waals surface area contributed by atoms with Crippen LogP contribution in [0.4, 0.5) is 13.2 Å². The molecule has 0 aliphatic carbocycles. The van der Waals surface area contributed by atoms with Gasteiger partial charge in [0.2, 0.25) is 0 Å². The maximum atomic E-state index is 13.5. The normalized spacial score (nSPS) is 11.6. The van der Waals surface area contributed by atoms with Crippen molar-refractivity contribution >= 4 is 7.85 Å². The summed E-state index contributed by atoms with van der Waals surface area (Å²) in [7, 11) is 8.77. The molecule has 3 aromatic carbocycles. The van der Waals surface area contributed by atoms with Crippen LogP contribution in [-0.4, -0.2) is 40.5 Å². The molecule has 0 aliphatic heterocycles. The van der Waals surface area contributed by atoms with E-state index in [0.29, 0.717) is 0 Å². The quantitative estimate of drug-likeness (QED) is 0.284. The van der Waals surface area contributed by atoms with E-state index in [0.717, 1.165) is 34.0 Å². The van der Waals surface area contributed by atoms with Gasteiger partial charge in [-0.3, -0.25) is 0 Å². The van der Waals surface area contributed by atoms with Gasteiger partial charge in [-0.2, -0.15) is 6.32 Å². The third-order valence-electron chi connectivity index (χ3n) is 4.56. The van der Waals surface area contributed by atoms with Crippen LogP contribution in [-0.2, 0) is 5.41 Å². The Morgan fingerprint density at radius 1 is 0.613 bits per heavy atom. The molecule has 1 nitrogen and oxygen atoms in total. The van der Waals surface area contributed by atoms with Crippen molar-refractivity contribution in [2.75, 3.05) is 28.2 Å². The summed E-state index contributed by atoms with van der Waals surface area (Å²) in [5, 5.41) is 0. The van der Waals surface area contributed by atoms with Gasteiger partial charge in [-0.05, 0) is 67.4 Å². The maximum Gasteiger partial charge on any atom is 0.123 e. The van der Waals surface area contributed by atoms with Crippen LogP contribution in [0.15, 0.2) is 72.8 Å². The van der Waals surface area contributed by atoms with Gasteiger partial charge in [0.1, 0.15) is 17.5 Å². The highest BCUT2D eigenvalue weighted by molar-refractivity contribution is 6.08. The Morgan fingerprint density at radius 3 is 1.10 bits per heavy atom. The molecule has 0 heterocycles. The van der Waals surface area contributed by atoms with Gasteiger partial charge in [-0.15, -0.1) is 0 Å². The van der Waals surface area contributed by atoms with Crippen LogP contribution < -0.4 is 0 Å². The van der Waals surface area contributed by atoms with Crippen molar-refractivity contribution in [3.05, 3.63) is 107 Å². The molecule has 0 unspecified atom stereocenters. The lowest BCUT2D eigenvalue weighted by Crippen LogP contribution is -2.29. The van der Waals surface area contributed by atoms with E-state index >= 15 is 0 Å². The zero-order valence-electron chi connectivity index (χ0n) is 18.1. The van der Waals surface area contributed by atoms with Crippen LogP contribution in [0, 0.1) is 17.5 Å². The van der Waals surface area contributed by atoms with E-state index in [1.165, 1.54) is 42.7 Å². The first kappa shape index (κ1) is 24.7. The summed E-state index contributed by atoms with van der Waals surface area (Å²) in [6.07, 6.45) is 3.08. The van der Waals surface area contributed by atoms with Gasteiger partial charge < -0.3 is 4.48 Å². The molecule has 0 aliphatic rings. The molecule has 0 radical (unpaired) electrons. The third-order valence-corrected chi connectivity index (χ3v) is 4.56. The summed E-state index contributed by atoms with van der Waals surface area (Å²) in [4.78, 5) is 0. The standard InChI is InChI=1S/C22H21BF3.C4H12N/c23-15-1-14-22(16-2-8-19(24)9-3-16,17-4-10-20(25)11-5-17)18-6-12-21(26)13-7-18;1-5(2,3)4/h2-13H,1,14-15H2,23H3;1-4H3/q-1;+1. The largest absolute Gasteiger partial charge is 0.333 e. The van der Waals surface area contributed by atoms with Gasteiger partial charge in [0.15, 0.2) is 0 Å². The van der Waals surface area contributed by atoms with Crippen molar-refractivity contribution in [1.29, 1.82) is 0 Å². The molecule has 0 saturated carbocycles. The first-order valence-electron chi connectivity index (χ1n) is 9.92. The molecule has 0 saturated heterocycles. The summed E-state index contributed by atoms with van der Waals surface area (Å²) in [5.41, 5.74) is 2.25. The van der Waals surface area contributed by atoms with E-state index in [1.807, 2.05) is 0 Å². The van der Waals surface area contributed by atoms with Gasteiger partial charge in [-0.1, -0.05) is 42.8 Å². The Labute approximate surface area is 185 Å². The fourth-order valence-electron chi connectivity index (χ4n) is 3.40. The molecule has 3 aromatic rings. The van der Waals surface area contributed by atoms with E-state index in [4.69, 9.17) is 0 Å². The molecule has 0 spiro atoms. The minimum absolute atomic E-state index is 0.272. The molecule has 0 atom stereocenters. The molecule has 0 N–H and O–H groups in total. The van der Waals surface area contributed by atoms with Crippen LogP contribution in [0.1, 0.15) is 29.5 Å². The molecule has 5 heteroatoms. The van der Waals surface area contributed by atoms with Gasteiger partial charge in [0.05, 0.1) is 28.2 Å². The Hall–Kier alpha value is -2.53. The monoisotopic (exact) mass is 427 g/mol. The molecule has 0 aromatic heterocycles. The number of halogens is 3. The average Bonchev–Trinajstić information content (AvgIpc) is 2.70. The van der Waals surface area contributed by atoms with E-state index in [2.05, 4.69) is 28.2 Å². The SMILES string of the molecule is C[N+](C)(C)C.[BH3-]CCCC(c1ccc(F)cc1)(c1ccc(F)cc1)c1ccc(F)cc1. The lowest BCUT2D eigenvalue weighted by Gasteiger charge is -2.36. The topological polar surface area (TPSA) is 0 Å². The highest BCUT2D eigenvalue weighted by atomic mass is 19.1. The molecule has 0 bridgehead atoms. The first-order chi connectivity index (χ1) is 14.6. The molecule has 3 rings (SSSR count). The predicted molar refractivity (Wildman–Crippen MR) is 127 cm³/mol. The fourth-order valence-corrected chi connectivity index (χ4v) is 3.40. The molecular formula is C26H33BF3N. The lowest BCUT2D eigenvalue weighted by atomic mass is 9.66. The third kappa shape index (κ3) is 7.00. The van der Waals surface area contributed by atoms with E-state index < -0.39 is 5.41 Å². The van der Waals surface area contributed by atoms with Gasteiger partial charge >= 0.3 is 0 Å². The summed E-state index contributed by atoms with van der Waals surface area (Å²) >= 11 is 0. The smallest absolute Gasteiger partial charge is 0.123 e. The highest BCUT2D eigenvalue weighted by Crippen LogP contribution is 2.43. The van der Waals surface area contributed by atoms with Crippen molar-refractivity contribution in [2.45, 2.75) is 24.6 Å². The van der Waals surface area contributed by atoms with Crippen molar-refractivity contribution < 1.29 is 17.7 Å². The van der Waals surface area contributed by atoms with Crippen molar-refractivity contribution in [2.24, 2.45) is 0 Å². The predicted octanol–water partition coefficient (Wildman–Crippen LogP) is 5.32. The zero-order chi connectivity index (χ0) is 23.1. The van der Waals surface area contributed by atoms with E-state index in [9.17, 15) is 13.2 Å². The Kier molecular flexibility index (Phi) is 8.52. The highest BCUT2D eigenvalue weighted by Gasteiger charge is 2.35. The Bertz CT molecular complexity index is 813. The first-order valence-corrected chi connectivity index (χ1v) is 9.92. The van der Waals surface area contributed by atoms with Crippen LogP contribution in [0.25, 0.3) is 0 Å². The summed E-state index contributed by atoms with van der Waals surface area (Å²) < 4.78 is 41.6. The Balaban J connectivity index is 0.000000614. The van der Waals surface area contributed by atoms with Crippen LogP contribution in [0.3, 0.4) is 0 Å². The fraction of sp³-hybridized carbons (Fsp3) is 0.308. The Morgan fingerprint density at radius 2 is 0.871 bits per heavy atom. The maximum absolute atomic E-state index is 13.5. The molecular weight excluding hydrogens is 394 g/mol. The second-order valence-corrected chi connectivity index (χ2v) is 8.71. The molecule has 0 amide bonds. The number of quaternary nitrogens is 1. The summed E-state index contributed by atoms with van der Waals surface area (Å²) in [6, 6.07) is 19.4. The van der Waals surface area contributed by atoms with Crippen molar-refractivity contribution in [1.82, 2.24) is 0 Å². The minimum Gasteiger partial charge on any atom is -0.333 e. The summed E-state index contributed by atoms with van der Waals surface area (Å²) in [5.74, 6) is -0.890. The number of hydrogen-bond acceptors (Lipinski definition) is 0.